The maximum Gasteiger partial charge on any atom is 0.306 e. The molecule has 0 heterocycles. The van der Waals surface area contributed by atoms with Crippen molar-refractivity contribution in [3.8, 4) is 0 Å². The number of carbonyl (C=O) groups is 3. The van der Waals surface area contributed by atoms with Crippen LogP contribution < -0.4 is 0 Å². The first-order valence-corrected chi connectivity index (χ1v) is 32.2. The van der Waals surface area contributed by atoms with Crippen LogP contribution in [0.3, 0.4) is 0 Å². The molecule has 0 radical (unpaired) electrons. The van der Waals surface area contributed by atoms with Crippen molar-refractivity contribution in [3.63, 3.8) is 0 Å². The molecule has 0 aromatic carbocycles. The molecule has 0 N–H and O–H groups in total. The number of hydrogen-bond acceptors (Lipinski definition) is 6. The molecular weight excluding hydrogens is 937 g/mol. The molecule has 0 aliphatic carbocycles. The van der Waals surface area contributed by atoms with Crippen LogP contribution in [0, 0.1) is 0 Å². The summed E-state index contributed by atoms with van der Waals surface area (Å²) in [4.78, 5) is 38.1. The van der Waals surface area contributed by atoms with Crippen molar-refractivity contribution >= 4 is 17.9 Å². The van der Waals surface area contributed by atoms with Crippen LogP contribution in [0.25, 0.3) is 0 Å². The molecule has 0 saturated carbocycles. The van der Waals surface area contributed by atoms with Crippen molar-refractivity contribution in [2.45, 2.75) is 316 Å². The van der Waals surface area contributed by atoms with Crippen LogP contribution in [-0.2, 0) is 28.6 Å². The lowest BCUT2D eigenvalue weighted by Gasteiger charge is -2.18. The van der Waals surface area contributed by atoms with Gasteiger partial charge in [0.15, 0.2) is 6.10 Å². The maximum absolute atomic E-state index is 12.8. The van der Waals surface area contributed by atoms with Crippen molar-refractivity contribution in [2.75, 3.05) is 13.2 Å². The molecule has 0 aliphatic heterocycles. The Morgan fingerprint density at radius 1 is 0.276 bits per heavy atom. The second-order valence-corrected chi connectivity index (χ2v) is 21.3. The second-order valence-electron chi connectivity index (χ2n) is 21.3. The summed E-state index contributed by atoms with van der Waals surface area (Å²) in [6, 6.07) is 0. The topological polar surface area (TPSA) is 78.9 Å². The third kappa shape index (κ3) is 61.2. The van der Waals surface area contributed by atoms with Gasteiger partial charge in [0.25, 0.3) is 0 Å². The van der Waals surface area contributed by atoms with E-state index in [0.717, 1.165) is 83.5 Å². The highest BCUT2D eigenvalue weighted by Gasteiger charge is 2.19. The summed E-state index contributed by atoms with van der Waals surface area (Å²) in [7, 11) is 0. The van der Waals surface area contributed by atoms with Gasteiger partial charge in [0, 0.05) is 19.3 Å². The van der Waals surface area contributed by atoms with E-state index in [1.165, 1.54) is 180 Å². The number of esters is 3. The predicted molar refractivity (Wildman–Crippen MR) is 330 cm³/mol. The van der Waals surface area contributed by atoms with E-state index in [9.17, 15) is 14.4 Å². The second kappa shape index (κ2) is 63.9. The van der Waals surface area contributed by atoms with E-state index in [0.29, 0.717) is 19.3 Å². The zero-order chi connectivity index (χ0) is 55.0. The van der Waals surface area contributed by atoms with Gasteiger partial charge in [-0.25, -0.2) is 0 Å². The van der Waals surface area contributed by atoms with Gasteiger partial charge in [0.2, 0.25) is 0 Å². The largest absolute Gasteiger partial charge is 0.462 e. The van der Waals surface area contributed by atoms with E-state index in [1.807, 2.05) is 6.08 Å². The summed E-state index contributed by atoms with van der Waals surface area (Å²) in [6.45, 7) is 6.44. The van der Waals surface area contributed by atoms with E-state index < -0.39 is 12.1 Å². The first-order valence-electron chi connectivity index (χ1n) is 32.2. The summed E-state index contributed by atoms with van der Waals surface area (Å²) >= 11 is 0. The molecule has 0 amide bonds. The normalized spacial score (nSPS) is 12.7. The van der Waals surface area contributed by atoms with Crippen LogP contribution in [-0.4, -0.2) is 37.2 Å². The van der Waals surface area contributed by atoms with Crippen LogP contribution in [0.4, 0.5) is 0 Å². The number of hydrogen-bond donors (Lipinski definition) is 0. The van der Waals surface area contributed by atoms with Crippen molar-refractivity contribution in [3.05, 3.63) is 97.2 Å². The van der Waals surface area contributed by atoms with Gasteiger partial charge in [0.1, 0.15) is 13.2 Å². The summed E-state index contributed by atoms with van der Waals surface area (Å²) in [6.07, 6.45) is 86.1. The first-order chi connectivity index (χ1) is 37.5. The van der Waals surface area contributed by atoms with Gasteiger partial charge in [-0.3, -0.25) is 14.4 Å². The van der Waals surface area contributed by atoms with E-state index in [2.05, 4.69) is 112 Å². The fourth-order valence-electron chi connectivity index (χ4n) is 9.03. The van der Waals surface area contributed by atoms with Gasteiger partial charge in [-0.2, -0.15) is 0 Å². The zero-order valence-electron chi connectivity index (χ0n) is 50.0. The lowest BCUT2D eigenvalue weighted by Crippen LogP contribution is -2.30. The Balaban J connectivity index is 4.15. The first kappa shape index (κ1) is 72.3. The van der Waals surface area contributed by atoms with Gasteiger partial charge in [0.05, 0.1) is 0 Å². The van der Waals surface area contributed by atoms with Gasteiger partial charge in [-0.1, -0.05) is 298 Å². The van der Waals surface area contributed by atoms with Crippen LogP contribution in [0.15, 0.2) is 97.2 Å². The van der Waals surface area contributed by atoms with Crippen LogP contribution in [0.1, 0.15) is 310 Å². The Hall–Kier alpha value is -3.67. The summed E-state index contributed by atoms with van der Waals surface area (Å²) < 4.78 is 16.8. The minimum atomic E-state index is -0.815. The molecule has 76 heavy (non-hydrogen) atoms. The molecule has 6 nitrogen and oxygen atoms in total. The number of carbonyl (C=O) groups excluding carboxylic acids is 3. The van der Waals surface area contributed by atoms with Gasteiger partial charge in [-0.05, 0) is 89.9 Å². The number of unbranched alkanes of at least 4 members (excludes halogenated alkanes) is 31. The molecule has 0 rings (SSSR count). The Bertz CT molecular complexity index is 1490. The van der Waals surface area contributed by atoms with Crippen LogP contribution >= 0.6 is 0 Å². The fourth-order valence-corrected chi connectivity index (χ4v) is 9.03. The smallest absolute Gasteiger partial charge is 0.306 e. The molecule has 0 fully saturated rings. The van der Waals surface area contributed by atoms with E-state index in [1.54, 1.807) is 0 Å². The Morgan fingerprint density at radius 3 is 0.855 bits per heavy atom. The number of rotatable bonds is 58. The molecular formula is C70H120O6. The summed E-state index contributed by atoms with van der Waals surface area (Å²) in [5, 5.41) is 0. The monoisotopic (exact) mass is 1060 g/mol. The molecule has 6 heteroatoms. The zero-order valence-corrected chi connectivity index (χ0v) is 50.0. The summed E-state index contributed by atoms with van der Waals surface area (Å²) in [5.41, 5.74) is 0. The third-order valence-electron chi connectivity index (χ3n) is 13.8. The van der Waals surface area contributed by atoms with Gasteiger partial charge >= 0.3 is 17.9 Å². The Labute approximate surface area is 470 Å². The maximum atomic E-state index is 12.8. The Kier molecular flexibility index (Phi) is 60.8. The number of ether oxygens (including phenoxy) is 3. The van der Waals surface area contributed by atoms with Gasteiger partial charge in [-0.15, -0.1) is 0 Å². The predicted octanol–water partition coefficient (Wildman–Crippen LogP) is 22.0. The third-order valence-corrected chi connectivity index (χ3v) is 13.8. The van der Waals surface area contributed by atoms with Crippen LogP contribution in [0.5, 0.6) is 0 Å². The molecule has 0 spiro atoms. The molecule has 0 bridgehead atoms. The molecule has 0 aliphatic rings. The molecule has 1 unspecified atom stereocenters. The molecule has 0 saturated heterocycles. The SMILES string of the molecule is CC/C=C\C/C=C\C/C=C\C/C=C\C/C=C\C/C=C\CCC(=O)OC(COC(=O)CCCCCCCCCC)COC(=O)CCCCCCCCCCCCCCCCCCCCC/C=C\C/C=C\CCCCCCC. The van der Waals surface area contributed by atoms with E-state index in [4.69, 9.17) is 14.2 Å². The lowest BCUT2D eigenvalue weighted by molar-refractivity contribution is -0.166. The quantitative estimate of drug-likeness (QED) is 0.0261. The Morgan fingerprint density at radius 2 is 0.539 bits per heavy atom. The molecule has 436 valence electrons. The minimum absolute atomic E-state index is 0.105. The number of allylic oxidation sites excluding steroid dienone is 16. The molecule has 1 atom stereocenters. The highest BCUT2D eigenvalue weighted by atomic mass is 16.6. The van der Waals surface area contributed by atoms with Crippen molar-refractivity contribution < 1.29 is 28.6 Å². The van der Waals surface area contributed by atoms with E-state index >= 15 is 0 Å². The fraction of sp³-hybridized carbons (Fsp3) is 0.729. The minimum Gasteiger partial charge on any atom is -0.462 e. The average molecular weight is 1060 g/mol. The van der Waals surface area contributed by atoms with Crippen molar-refractivity contribution in [1.82, 2.24) is 0 Å². The van der Waals surface area contributed by atoms with Crippen molar-refractivity contribution in [2.24, 2.45) is 0 Å². The van der Waals surface area contributed by atoms with E-state index in [-0.39, 0.29) is 31.6 Å². The average Bonchev–Trinajstić information content (AvgIpc) is 3.42. The lowest BCUT2D eigenvalue weighted by atomic mass is 10.0. The summed E-state index contributed by atoms with van der Waals surface area (Å²) in [5.74, 6) is -0.986. The standard InChI is InChI=1S/C70H120O6/c1-4-7-10-13-16-19-21-23-25-27-29-30-31-32-33-34-35-36-37-38-39-40-42-43-45-47-49-51-54-57-60-63-69(72)75-66-67(65-74-68(71)62-59-56-53-18-15-12-9-6-3)76-70(73)64-61-58-55-52-50-48-46-44-41-28-26-24-22-20-17-14-11-8-5-2/h8,11,17,20-21,23-24,26-27,29,41,44,48,50,55,58,67H,4-7,9-10,12-16,18-19,22,25,28,30-40,42-43,45-47,49,51-54,56-57,59-66H2,1-3H3/b11-8-,20-17-,23-21-,26-24-,29-27-,44-41-,50-48-,58-55-. The molecule has 0 aromatic heterocycles. The molecule has 0 aromatic rings. The van der Waals surface area contributed by atoms with Crippen molar-refractivity contribution in [1.29, 1.82) is 0 Å². The highest BCUT2D eigenvalue weighted by molar-refractivity contribution is 5.71. The van der Waals surface area contributed by atoms with Gasteiger partial charge < -0.3 is 14.2 Å². The highest BCUT2D eigenvalue weighted by Crippen LogP contribution is 2.17. The van der Waals surface area contributed by atoms with Crippen LogP contribution in [0.2, 0.25) is 0 Å².